The average molecular weight is 493 g/mol. The fourth-order valence-corrected chi connectivity index (χ4v) is 7.91. The molecular weight excluding hydrogens is 460 g/mol. The molecule has 4 aromatic carbocycles. The van der Waals surface area contributed by atoms with Crippen molar-refractivity contribution in [1.82, 2.24) is 0 Å². The van der Waals surface area contributed by atoms with E-state index >= 15 is 0 Å². The molecule has 1 unspecified atom stereocenters. The highest BCUT2D eigenvalue weighted by Gasteiger charge is 2.53. The van der Waals surface area contributed by atoms with Gasteiger partial charge in [-0.15, -0.1) is 0 Å². The van der Waals surface area contributed by atoms with Crippen molar-refractivity contribution in [2.75, 3.05) is 0 Å². The summed E-state index contributed by atoms with van der Waals surface area (Å²) in [5.74, 6) is 2.15. The van der Waals surface area contributed by atoms with Crippen molar-refractivity contribution in [3.8, 4) is 34.1 Å². The molecule has 1 spiro atoms. The fraction of sp³-hybridized carbons (Fsp3) is 0.333. The number of rotatable bonds is 2. The summed E-state index contributed by atoms with van der Waals surface area (Å²) in [6, 6.07) is 24.2. The molecule has 7 rings (SSSR count). The van der Waals surface area contributed by atoms with Gasteiger partial charge in [0.2, 0.25) is 0 Å². The molecule has 1 aliphatic heterocycles. The van der Waals surface area contributed by atoms with Crippen molar-refractivity contribution in [3.63, 3.8) is 0 Å². The van der Waals surface area contributed by atoms with Crippen LogP contribution in [0, 0.1) is 10.8 Å². The first-order valence-electron chi connectivity index (χ1n) is 13.1. The van der Waals surface area contributed by atoms with Gasteiger partial charge in [-0.05, 0) is 88.1 Å². The zero-order valence-electron chi connectivity index (χ0n) is 21.8. The number of hydrogen-bond donors (Lipinski definition) is 1. The molecule has 0 amide bonds. The van der Waals surface area contributed by atoms with Crippen LogP contribution in [0.2, 0.25) is 0 Å². The van der Waals surface area contributed by atoms with Gasteiger partial charge < -0.3 is 19.3 Å². The first kappa shape index (κ1) is 22.5. The van der Waals surface area contributed by atoms with E-state index in [1.165, 1.54) is 28.7 Å². The lowest BCUT2D eigenvalue weighted by Gasteiger charge is -2.51. The summed E-state index contributed by atoms with van der Waals surface area (Å²) < 4.78 is 17.9. The standard InChI is InChI=1S/C33H32O4/c1-31(2)17-32(3,4)19-33(18-31)24-13-9-8-12-21(24)29-23-15-28-27(14-22(23)26(34)16-25(29)33)36-30(37-28)35-20-10-6-5-7-11-20/h5-16,30,34H,17-19H2,1-4H3. The van der Waals surface area contributed by atoms with E-state index in [2.05, 4.69) is 52.0 Å². The third-order valence-electron chi connectivity index (χ3n) is 8.35. The second kappa shape index (κ2) is 7.44. The Hall–Kier alpha value is -3.66. The van der Waals surface area contributed by atoms with Crippen molar-refractivity contribution >= 4 is 10.8 Å². The second-order valence-corrected chi connectivity index (χ2v) is 12.6. The summed E-state index contributed by atoms with van der Waals surface area (Å²) in [5.41, 5.74) is 5.28. The zero-order valence-corrected chi connectivity index (χ0v) is 21.8. The zero-order chi connectivity index (χ0) is 25.6. The SMILES string of the molecule is CC1(C)CC(C)(C)CC2(C1)c1ccccc1-c1c2cc(O)c2cc3c(cc12)OC(Oc1ccccc1)O3. The van der Waals surface area contributed by atoms with Crippen LogP contribution in [0.25, 0.3) is 21.9 Å². The number of fused-ring (bicyclic) bond motifs is 8. The van der Waals surface area contributed by atoms with Crippen LogP contribution < -0.4 is 14.2 Å². The Kier molecular flexibility index (Phi) is 4.53. The number of aromatic hydroxyl groups is 1. The van der Waals surface area contributed by atoms with Gasteiger partial charge in [-0.2, -0.15) is 0 Å². The molecule has 4 heteroatoms. The first-order chi connectivity index (χ1) is 17.6. The molecule has 1 heterocycles. The lowest BCUT2D eigenvalue weighted by molar-refractivity contribution is -0.112. The minimum atomic E-state index is -0.872. The summed E-state index contributed by atoms with van der Waals surface area (Å²) in [5, 5.41) is 13.1. The van der Waals surface area contributed by atoms with Gasteiger partial charge in [0.1, 0.15) is 11.5 Å². The van der Waals surface area contributed by atoms with Gasteiger partial charge in [-0.1, -0.05) is 70.2 Å². The molecule has 1 atom stereocenters. The maximum absolute atomic E-state index is 11.4. The molecule has 188 valence electrons. The van der Waals surface area contributed by atoms with E-state index in [-0.39, 0.29) is 22.0 Å². The highest BCUT2D eigenvalue weighted by atomic mass is 16.9. The molecule has 2 aliphatic carbocycles. The highest BCUT2D eigenvalue weighted by Crippen LogP contribution is 2.65. The molecule has 1 fully saturated rings. The summed E-state index contributed by atoms with van der Waals surface area (Å²) in [6.07, 6.45) is 3.28. The van der Waals surface area contributed by atoms with Crippen LogP contribution in [-0.2, 0) is 5.41 Å². The lowest BCUT2D eigenvalue weighted by atomic mass is 9.52. The van der Waals surface area contributed by atoms with Crippen molar-refractivity contribution in [3.05, 3.63) is 83.9 Å². The van der Waals surface area contributed by atoms with Crippen LogP contribution in [-0.4, -0.2) is 11.6 Å². The van der Waals surface area contributed by atoms with Gasteiger partial charge in [-0.25, -0.2) is 0 Å². The Morgan fingerprint density at radius 3 is 2.05 bits per heavy atom. The molecule has 0 saturated heterocycles. The molecule has 0 aromatic heterocycles. The second-order valence-electron chi connectivity index (χ2n) is 12.6. The van der Waals surface area contributed by atoms with Crippen LogP contribution in [0.3, 0.4) is 0 Å². The third-order valence-corrected chi connectivity index (χ3v) is 8.35. The summed E-state index contributed by atoms with van der Waals surface area (Å²) in [6.45, 7) is 8.69. The molecule has 1 N–H and O–H groups in total. The number of benzene rings is 4. The van der Waals surface area contributed by atoms with Crippen molar-refractivity contribution < 1.29 is 19.3 Å². The third kappa shape index (κ3) is 3.42. The Morgan fingerprint density at radius 2 is 1.35 bits per heavy atom. The largest absolute Gasteiger partial charge is 0.507 e. The Labute approximate surface area is 217 Å². The van der Waals surface area contributed by atoms with Crippen molar-refractivity contribution in [2.24, 2.45) is 10.8 Å². The number of para-hydroxylation sites is 1. The van der Waals surface area contributed by atoms with Crippen LogP contribution in [0.15, 0.2) is 72.8 Å². The van der Waals surface area contributed by atoms with E-state index in [1.54, 1.807) is 0 Å². The molecule has 4 aromatic rings. The van der Waals surface area contributed by atoms with E-state index < -0.39 is 6.48 Å². The minimum absolute atomic E-state index is 0.141. The van der Waals surface area contributed by atoms with Crippen LogP contribution in [0.4, 0.5) is 0 Å². The lowest BCUT2D eigenvalue weighted by Crippen LogP contribution is -2.43. The quantitative estimate of drug-likeness (QED) is 0.306. The van der Waals surface area contributed by atoms with Gasteiger partial charge in [0.25, 0.3) is 0 Å². The van der Waals surface area contributed by atoms with Gasteiger partial charge in [-0.3, -0.25) is 0 Å². The summed E-state index contributed by atoms with van der Waals surface area (Å²) in [7, 11) is 0. The topological polar surface area (TPSA) is 47.9 Å². The molecule has 37 heavy (non-hydrogen) atoms. The monoisotopic (exact) mass is 492 g/mol. The van der Waals surface area contributed by atoms with Gasteiger partial charge >= 0.3 is 6.48 Å². The Balaban J connectivity index is 1.40. The maximum atomic E-state index is 11.4. The minimum Gasteiger partial charge on any atom is -0.507 e. The van der Waals surface area contributed by atoms with E-state index in [1.807, 2.05) is 48.5 Å². The average Bonchev–Trinajstić information content (AvgIpc) is 3.33. The van der Waals surface area contributed by atoms with E-state index in [0.29, 0.717) is 17.2 Å². The highest BCUT2D eigenvalue weighted by molar-refractivity contribution is 6.06. The molecule has 0 radical (unpaired) electrons. The summed E-state index contributed by atoms with van der Waals surface area (Å²) >= 11 is 0. The van der Waals surface area contributed by atoms with Gasteiger partial charge in [0.05, 0.1) is 0 Å². The molecule has 0 bridgehead atoms. The number of phenolic OH excluding ortho intramolecular Hbond substituents is 1. The van der Waals surface area contributed by atoms with E-state index in [9.17, 15) is 5.11 Å². The van der Waals surface area contributed by atoms with Gasteiger partial charge in [0, 0.05) is 10.8 Å². The van der Waals surface area contributed by atoms with Gasteiger partial charge in [0.15, 0.2) is 11.5 Å². The normalized spacial score (nSPS) is 21.6. The smallest absolute Gasteiger partial charge is 0.406 e. The molecule has 3 aliphatic rings. The predicted octanol–water partition coefficient (Wildman–Crippen LogP) is 8.18. The first-order valence-corrected chi connectivity index (χ1v) is 13.1. The summed E-state index contributed by atoms with van der Waals surface area (Å²) in [4.78, 5) is 0. The number of phenols is 1. The fourth-order valence-electron chi connectivity index (χ4n) is 7.91. The van der Waals surface area contributed by atoms with Crippen LogP contribution in [0.1, 0.15) is 58.1 Å². The number of hydrogen-bond acceptors (Lipinski definition) is 4. The molecule has 4 nitrogen and oxygen atoms in total. The van der Waals surface area contributed by atoms with E-state index in [4.69, 9.17) is 14.2 Å². The Bertz CT molecular complexity index is 1530. The van der Waals surface area contributed by atoms with Crippen LogP contribution >= 0.6 is 0 Å². The van der Waals surface area contributed by atoms with Crippen molar-refractivity contribution in [1.29, 1.82) is 0 Å². The molecular formula is C33H32O4. The van der Waals surface area contributed by atoms with Crippen molar-refractivity contribution in [2.45, 2.75) is 58.8 Å². The molecule has 1 saturated carbocycles. The van der Waals surface area contributed by atoms with E-state index in [0.717, 1.165) is 23.6 Å². The number of ether oxygens (including phenoxy) is 3. The Morgan fingerprint density at radius 1 is 0.730 bits per heavy atom. The van der Waals surface area contributed by atoms with Crippen LogP contribution in [0.5, 0.6) is 23.0 Å². The predicted molar refractivity (Wildman–Crippen MR) is 145 cm³/mol. The maximum Gasteiger partial charge on any atom is 0.406 e.